The standard InChI is InChI=1S/C13H11NO5S/c1-10(15)19-9-5-4-8-14-13(16)11-6-2-3-7-12(11)20(14,17)18/h2-3,6-7H,8-9H2,1H3. The van der Waals surface area contributed by atoms with Crippen molar-refractivity contribution in [3.05, 3.63) is 29.8 Å². The molecule has 0 radical (unpaired) electrons. The van der Waals surface area contributed by atoms with E-state index in [1.54, 1.807) is 12.1 Å². The lowest BCUT2D eigenvalue weighted by atomic mass is 10.2. The predicted molar refractivity (Wildman–Crippen MR) is 69.1 cm³/mol. The van der Waals surface area contributed by atoms with Crippen LogP contribution in [0, 0.1) is 11.8 Å². The van der Waals surface area contributed by atoms with E-state index in [0.717, 1.165) is 0 Å². The largest absolute Gasteiger partial charge is 0.453 e. The first-order valence-electron chi connectivity index (χ1n) is 5.70. The third kappa shape index (κ3) is 2.51. The lowest BCUT2D eigenvalue weighted by Gasteiger charge is -2.10. The van der Waals surface area contributed by atoms with Gasteiger partial charge in [-0.05, 0) is 12.1 Å². The summed E-state index contributed by atoms with van der Waals surface area (Å²) >= 11 is 0. The third-order valence-electron chi connectivity index (χ3n) is 2.61. The summed E-state index contributed by atoms with van der Waals surface area (Å²) in [6, 6.07) is 6.00. The van der Waals surface area contributed by atoms with E-state index in [9.17, 15) is 18.0 Å². The van der Waals surface area contributed by atoms with E-state index in [1.165, 1.54) is 19.1 Å². The van der Waals surface area contributed by atoms with Gasteiger partial charge in [-0.15, -0.1) is 0 Å². The van der Waals surface area contributed by atoms with E-state index in [4.69, 9.17) is 0 Å². The van der Waals surface area contributed by atoms with Gasteiger partial charge in [-0.2, -0.15) is 0 Å². The van der Waals surface area contributed by atoms with Crippen molar-refractivity contribution in [1.29, 1.82) is 0 Å². The van der Waals surface area contributed by atoms with Crippen LogP contribution in [-0.2, 0) is 19.6 Å². The molecule has 6 nitrogen and oxygen atoms in total. The van der Waals surface area contributed by atoms with Crippen LogP contribution in [0.15, 0.2) is 29.2 Å². The number of rotatable bonds is 2. The van der Waals surface area contributed by atoms with Crippen molar-refractivity contribution in [1.82, 2.24) is 4.31 Å². The Hall–Kier alpha value is -2.33. The van der Waals surface area contributed by atoms with Gasteiger partial charge >= 0.3 is 5.97 Å². The summed E-state index contributed by atoms with van der Waals surface area (Å²) < 4.78 is 29.5. The third-order valence-corrected chi connectivity index (χ3v) is 4.39. The summed E-state index contributed by atoms with van der Waals surface area (Å²) in [7, 11) is -3.83. The molecule has 0 unspecified atom stereocenters. The minimum Gasteiger partial charge on any atom is -0.453 e. The van der Waals surface area contributed by atoms with E-state index in [-0.39, 0.29) is 23.6 Å². The normalized spacial score (nSPS) is 15.2. The topological polar surface area (TPSA) is 80.8 Å². The lowest BCUT2D eigenvalue weighted by Crippen LogP contribution is -2.30. The molecule has 2 rings (SSSR count). The Bertz CT molecular complexity index is 727. The van der Waals surface area contributed by atoms with Gasteiger partial charge in [0.2, 0.25) is 0 Å². The zero-order chi connectivity index (χ0) is 14.8. The van der Waals surface area contributed by atoms with Gasteiger partial charge in [0.1, 0.15) is 4.90 Å². The zero-order valence-electron chi connectivity index (χ0n) is 10.6. The van der Waals surface area contributed by atoms with Crippen LogP contribution in [0.1, 0.15) is 17.3 Å². The van der Waals surface area contributed by atoms with Crippen molar-refractivity contribution < 1.29 is 22.7 Å². The highest BCUT2D eigenvalue weighted by Crippen LogP contribution is 2.29. The van der Waals surface area contributed by atoms with Crippen LogP contribution < -0.4 is 0 Å². The molecule has 0 saturated heterocycles. The highest BCUT2D eigenvalue weighted by atomic mass is 32.2. The number of carbonyl (C=O) groups is 2. The van der Waals surface area contributed by atoms with Gasteiger partial charge in [0.15, 0.2) is 6.61 Å². The summed E-state index contributed by atoms with van der Waals surface area (Å²) in [6.45, 7) is 0.842. The van der Waals surface area contributed by atoms with Crippen molar-refractivity contribution in [2.75, 3.05) is 13.2 Å². The van der Waals surface area contributed by atoms with Gasteiger partial charge in [-0.1, -0.05) is 24.0 Å². The zero-order valence-corrected chi connectivity index (χ0v) is 11.4. The molecule has 1 amide bonds. The number of esters is 1. The fraction of sp³-hybridized carbons (Fsp3) is 0.231. The summed E-state index contributed by atoms with van der Waals surface area (Å²) in [5.41, 5.74) is 0.147. The average molecular weight is 293 g/mol. The molecule has 1 heterocycles. The van der Waals surface area contributed by atoms with Crippen molar-refractivity contribution in [2.45, 2.75) is 11.8 Å². The molecule has 20 heavy (non-hydrogen) atoms. The van der Waals surface area contributed by atoms with Crippen molar-refractivity contribution >= 4 is 21.9 Å². The van der Waals surface area contributed by atoms with Gasteiger partial charge < -0.3 is 4.74 Å². The molecule has 0 saturated carbocycles. The first kappa shape index (κ1) is 14.1. The molecule has 1 aromatic carbocycles. The molecule has 0 bridgehead atoms. The number of sulfonamides is 1. The van der Waals surface area contributed by atoms with Gasteiger partial charge in [-0.25, -0.2) is 12.7 Å². The van der Waals surface area contributed by atoms with E-state index < -0.39 is 21.9 Å². The van der Waals surface area contributed by atoms with Gasteiger partial charge in [0, 0.05) is 6.92 Å². The number of hydrogen-bond donors (Lipinski definition) is 0. The van der Waals surface area contributed by atoms with Crippen molar-refractivity contribution in [2.24, 2.45) is 0 Å². The van der Waals surface area contributed by atoms with Crippen LogP contribution in [0.25, 0.3) is 0 Å². The van der Waals surface area contributed by atoms with E-state index in [1.807, 2.05) is 0 Å². The molecule has 0 N–H and O–H groups in total. The molecule has 1 aliphatic rings. The number of nitrogens with zero attached hydrogens (tertiary/aromatic N) is 1. The number of fused-ring (bicyclic) bond motifs is 1. The SMILES string of the molecule is CC(=O)OCC#CCN1C(=O)c2ccccc2S1(=O)=O. The molecule has 7 heteroatoms. The fourth-order valence-corrected chi connectivity index (χ4v) is 3.18. The minimum atomic E-state index is -3.83. The van der Waals surface area contributed by atoms with Crippen molar-refractivity contribution in [3.63, 3.8) is 0 Å². The van der Waals surface area contributed by atoms with Crippen LogP contribution in [0.5, 0.6) is 0 Å². The van der Waals surface area contributed by atoms with Crippen molar-refractivity contribution in [3.8, 4) is 11.8 Å². The molecular formula is C13H11NO5S. The monoisotopic (exact) mass is 293 g/mol. The van der Waals surface area contributed by atoms with E-state index in [2.05, 4.69) is 16.6 Å². The van der Waals surface area contributed by atoms with E-state index >= 15 is 0 Å². The number of carbonyl (C=O) groups excluding carboxylic acids is 2. The Morgan fingerprint density at radius 2 is 2.00 bits per heavy atom. The Morgan fingerprint density at radius 1 is 1.30 bits per heavy atom. The number of amides is 1. The van der Waals surface area contributed by atoms with Crippen LogP contribution >= 0.6 is 0 Å². The smallest absolute Gasteiger partial charge is 0.303 e. The van der Waals surface area contributed by atoms with Crippen LogP contribution in [0.2, 0.25) is 0 Å². The first-order chi connectivity index (χ1) is 9.44. The Kier molecular flexibility index (Phi) is 3.77. The maximum atomic E-state index is 12.1. The minimum absolute atomic E-state index is 0.00761. The Balaban J connectivity index is 2.15. The fourth-order valence-electron chi connectivity index (χ4n) is 1.70. The maximum Gasteiger partial charge on any atom is 0.303 e. The van der Waals surface area contributed by atoms with E-state index in [0.29, 0.717) is 4.31 Å². The lowest BCUT2D eigenvalue weighted by molar-refractivity contribution is -0.139. The van der Waals surface area contributed by atoms with Crippen LogP contribution in [-0.4, -0.2) is 37.8 Å². The summed E-state index contributed by atoms with van der Waals surface area (Å²) in [4.78, 5) is 22.5. The molecular weight excluding hydrogens is 282 g/mol. The number of hydrogen-bond acceptors (Lipinski definition) is 5. The van der Waals surface area contributed by atoms with Crippen LogP contribution in [0.4, 0.5) is 0 Å². The molecule has 1 aromatic rings. The van der Waals surface area contributed by atoms with Gasteiger partial charge in [0.05, 0.1) is 12.1 Å². The molecule has 0 atom stereocenters. The molecule has 104 valence electrons. The van der Waals surface area contributed by atoms with Gasteiger partial charge in [0.25, 0.3) is 15.9 Å². The van der Waals surface area contributed by atoms with Crippen LogP contribution in [0.3, 0.4) is 0 Å². The second kappa shape index (κ2) is 5.35. The maximum absolute atomic E-state index is 12.1. The second-order valence-corrected chi connectivity index (χ2v) is 5.78. The summed E-state index contributed by atoms with van der Waals surface area (Å²) in [5.74, 6) is 3.91. The average Bonchev–Trinajstić information content (AvgIpc) is 2.59. The number of benzene rings is 1. The molecule has 0 fully saturated rings. The molecule has 0 spiro atoms. The quantitative estimate of drug-likeness (QED) is 0.582. The highest BCUT2D eigenvalue weighted by Gasteiger charge is 2.40. The number of ether oxygens (including phenoxy) is 1. The Morgan fingerprint density at radius 3 is 2.65 bits per heavy atom. The Labute approximate surface area is 116 Å². The summed E-state index contributed by atoms with van der Waals surface area (Å²) in [6.07, 6.45) is 0. The highest BCUT2D eigenvalue weighted by molar-refractivity contribution is 7.90. The first-order valence-corrected chi connectivity index (χ1v) is 7.14. The summed E-state index contributed by atoms with van der Waals surface area (Å²) in [5, 5.41) is 0. The molecule has 0 aromatic heterocycles. The molecule has 0 aliphatic carbocycles. The van der Waals surface area contributed by atoms with Gasteiger partial charge in [-0.3, -0.25) is 9.59 Å². The second-order valence-electron chi connectivity index (χ2n) is 3.95. The predicted octanol–water partition coefficient (Wildman–Crippen LogP) is 0.398. The molecule has 1 aliphatic heterocycles.